The number of rotatable bonds is 7. The van der Waals surface area contributed by atoms with Crippen molar-refractivity contribution in [1.82, 2.24) is 9.88 Å². The minimum atomic E-state index is -0.0915. The molecular formula is C15H19N3O2S. The van der Waals surface area contributed by atoms with Crippen LogP contribution in [0.5, 0.6) is 5.75 Å². The predicted molar refractivity (Wildman–Crippen MR) is 83.8 cm³/mol. The molecule has 2 aromatic rings. The van der Waals surface area contributed by atoms with Gasteiger partial charge in [0, 0.05) is 18.8 Å². The standard InChI is InChI=1S/C15H19N3O2S/c1-18(9-10-20-12-5-3-2-4-6-12)15(19)13-11-21-14(17-13)7-8-16/h2-6,11H,7-10,16H2,1H3. The van der Waals surface area contributed by atoms with E-state index >= 15 is 0 Å². The van der Waals surface area contributed by atoms with Crippen LogP contribution in [-0.2, 0) is 6.42 Å². The molecule has 1 heterocycles. The third-order valence-electron chi connectivity index (χ3n) is 2.91. The molecule has 112 valence electrons. The maximum absolute atomic E-state index is 12.2. The Morgan fingerprint density at radius 3 is 2.86 bits per heavy atom. The van der Waals surface area contributed by atoms with Crippen molar-refractivity contribution in [3.05, 3.63) is 46.4 Å². The predicted octanol–water partition coefficient (Wildman–Crippen LogP) is 1.80. The van der Waals surface area contributed by atoms with Crippen molar-refractivity contribution in [3.63, 3.8) is 0 Å². The van der Waals surface area contributed by atoms with E-state index in [0.717, 1.165) is 10.8 Å². The van der Waals surface area contributed by atoms with Crippen LogP contribution in [0.25, 0.3) is 0 Å². The van der Waals surface area contributed by atoms with Gasteiger partial charge in [0.25, 0.3) is 5.91 Å². The third-order valence-corrected chi connectivity index (χ3v) is 3.82. The lowest BCUT2D eigenvalue weighted by molar-refractivity contribution is 0.0768. The number of nitrogens with zero attached hydrogens (tertiary/aromatic N) is 2. The summed E-state index contributed by atoms with van der Waals surface area (Å²) in [5, 5.41) is 2.68. The second kappa shape index (κ2) is 7.75. The van der Waals surface area contributed by atoms with Crippen molar-refractivity contribution in [2.75, 3.05) is 26.7 Å². The highest BCUT2D eigenvalue weighted by molar-refractivity contribution is 7.09. The number of aromatic nitrogens is 1. The van der Waals surface area contributed by atoms with Crippen LogP contribution in [0.15, 0.2) is 35.7 Å². The van der Waals surface area contributed by atoms with E-state index in [2.05, 4.69) is 4.98 Å². The van der Waals surface area contributed by atoms with Gasteiger partial charge in [-0.2, -0.15) is 0 Å². The van der Waals surface area contributed by atoms with E-state index in [1.54, 1.807) is 17.3 Å². The van der Waals surface area contributed by atoms with Gasteiger partial charge < -0.3 is 15.4 Å². The lowest BCUT2D eigenvalue weighted by Crippen LogP contribution is -2.31. The molecule has 0 saturated carbocycles. The number of likely N-dealkylation sites (N-methyl/N-ethyl adjacent to an activating group) is 1. The van der Waals surface area contributed by atoms with Crippen LogP contribution >= 0.6 is 11.3 Å². The maximum atomic E-state index is 12.2. The van der Waals surface area contributed by atoms with Crippen molar-refractivity contribution in [3.8, 4) is 5.75 Å². The van der Waals surface area contributed by atoms with Crippen molar-refractivity contribution in [2.45, 2.75) is 6.42 Å². The zero-order chi connectivity index (χ0) is 15.1. The maximum Gasteiger partial charge on any atom is 0.273 e. The van der Waals surface area contributed by atoms with E-state index in [9.17, 15) is 4.79 Å². The summed E-state index contributed by atoms with van der Waals surface area (Å²) in [6.45, 7) is 1.51. The lowest BCUT2D eigenvalue weighted by atomic mass is 10.3. The molecule has 0 unspecified atom stereocenters. The van der Waals surface area contributed by atoms with E-state index in [1.165, 1.54) is 11.3 Å². The molecule has 2 rings (SSSR count). The molecule has 0 radical (unpaired) electrons. The largest absolute Gasteiger partial charge is 0.492 e. The number of ether oxygens (including phenoxy) is 1. The van der Waals surface area contributed by atoms with Crippen LogP contribution in [0, 0.1) is 0 Å². The van der Waals surface area contributed by atoms with Gasteiger partial charge in [0.2, 0.25) is 0 Å². The highest BCUT2D eigenvalue weighted by Gasteiger charge is 2.15. The molecule has 21 heavy (non-hydrogen) atoms. The number of para-hydroxylation sites is 1. The Kier molecular flexibility index (Phi) is 5.71. The van der Waals surface area contributed by atoms with Gasteiger partial charge in [-0.25, -0.2) is 4.98 Å². The highest BCUT2D eigenvalue weighted by Crippen LogP contribution is 2.12. The van der Waals surface area contributed by atoms with Gasteiger partial charge in [-0.05, 0) is 18.7 Å². The molecule has 1 aromatic heterocycles. The molecular weight excluding hydrogens is 286 g/mol. The summed E-state index contributed by atoms with van der Waals surface area (Å²) in [7, 11) is 1.75. The van der Waals surface area contributed by atoms with Gasteiger partial charge in [0.15, 0.2) is 0 Å². The fourth-order valence-corrected chi connectivity index (χ4v) is 2.55. The molecule has 0 spiro atoms. The smallest absolute Gasteiger partial charge is 0.273 e. The molecule has 0 aliphatic carbocycles. The molecule has 1 amide bonds. The molecule has 0 aliphatic rings. The first-order valence-electron chi connectivity index (χ1n) is 6.78. The molecule has 0 fully saturated rings. The summed E-state index contributed by atoms with van der Waals surface area (Å²) < 4.78 is 5.58. The zero-order valence-corrected chi connectivity index (χ0v) is 12.8. The van der Waals surface area contributed by atoms with E-state index < -0.39 is 0 Å². The van der Waals surface area contributed by atoms with Gasteiger partial charge in [-0.3, -0.25) is 4.79 Å². The Hall–Kier alpha value is -1.92. The number of amides is 1. The third kappa shape index (κ3) is 4.54. The number of thiazole rings is 1. The van der Waals surface area contributed by atoms with Crippen molar-refractivity contribution in [1.29, 1.82) is 0 Å². The Morgan fingerprint density at radius 1 is 1.38 bits per heavy atom. The number of benzene rings is 1. The molecule has 0 atom stereocenters. The second-order valence-electron chi connectivity index (χ2n) is 4.55. The van der Waals surface area contributed by atoms with Crippen molar-refractivity contribution in [2.24, 2.45) is 5.73 Å². The molecule has 0 saturated heterocycles. The SMILES string of the molecule is CN(CCOc1ccccc1)C(=O)c1csc(CCN)n1. The average Bonchev–Trinajstić information content (AvgIpc) is 2.96. The Morgan fingerprint density at radius 2 is 2.14 bits per heavy atom. The molecule has 0 aliphatic heterocycles. The van der Waals surface area contributed by atoms with Crippen LogP contribution in [0.2, 0.25) is 0 Å². The van der Waals surface area contributed by atoms with Crippen LogP contribution in [0.1, 0.15) is 15.5 Å². The second-order valence-corrected chi connectivity index (χ2v) is 5.50. The fraction of sp³-hybridized carbons (Fsp3) is 0.333. The minimum absolute atomic E-state index is 0.0915. The van der Waals surface area contributed by atoms with Gasteiger partial charge >= 0.3 is 0 Å². The highest BCUT2D eigenvalue weighted by atomic mass is 32.1. The number of nitrogens with two attached hydrogens (primary N) is 1. The summed E-state index contributed by atoms with van der Waals surface area (Å²) in [4.78, 5) is 18.1. The van der Waals surface area contributed by atoms with Crippen molar-refractivity contribution >= 4 is 17.2 Å². The molecule has 5 nitrogen and oxygen atoms in total. The van der Waals surface area contributed by atoms with Crippen LogP contribution < -0.4 is 10.5 Å². The monoisotopic (exact) mass is 305 g/mol. The molecule has 1 aromatic carbocycles. The van der Waals surface area contributed by atoms with E-state index in [0.29, 0.717) is 31.8 Å². The van der Waals surface area contributed by atoms with Gasteiger partial charge in [0.05, 0.1) is 11.6 Å². The first-order chi connectivity index (χ1) is 10.2. The van der Waals surface area contributed by atoms with E-state index in [4.69, 9.17) is 10.5 Å². The van der Waals surface area contributed by atoms with Gasteiger partial charge in [-0.15, -0.1) is 11.3 Å². The van der Waals surface area contributed by atoms with E-state index in [-0.39, 0.29) is 5.91 Å². The molecule has 2 N–H and O–H groups in total. The summed E-state index contributed by atoms with van der Waals surface area (Å²) in [5.41, 5.74) is 5.96. The van der Waals surface area contributed by atoms with E-state index in [1.807, 2.05) is 30.3 Å². The van der Waals surface area contributed by atoms with Crippen LogP contribution in [0.3, 0.4) is 0 Å². The number of hydrogen-bond donors (Lipinski definition) is 1. The van der Waals surface area contributed by atoms with Gasteiger partial charge in [0.1, 0.15) is 18.1 Å². The molecule has 6 heteroatoms. The number of carbonyl (C=O) groups is 1. The number of carbonyl (C=O) groups excluding carboxylic acids is 1. The summed E-state index contributed by atoms with van der Waals surface area (Å²) >= 11 is 1.47. The average molecular weight is 305 g/mol. The quantitative estimate of drug-likeness (QED) is 0.847. The first-order valence-corrected chi connectivity index (χ1v) is 7.66. The normalized spacial score (nSPS) is 10.4. The Balaban J connectivity index is 1.81. The van der Waals surface area contributed by atoms with Crippen LogP contribution in [-0.4, -0.2) is 42.5 Å². The first kappa shape index (κ1) is 15.5. The van der Waals surface area contributed by atoms with Crippen LogP contribution in [0.4, 0.5) is 0 Å². The molecule has 0 bridgehead atoms. The Labute approximate surface area is 128 Å². The minimum Gasteiger partial charge on any atom is -0.492 e. The summed E-state index contributed by atoms with van der Waals surface area (Å²) in [5.74, 6) is 0.712. The summed E-state index contributed by atoms with van der Waals surface area (Å²) in [6, 6.07) is 9.54. The lowest BCUT2D eigenvalue weighted by Gasteiger charge is -2.16. The van der Waals surface area contributed by atoms with Gasteiger partial charge in [-0.1, -0.05) is 18.2 Å². The summed E-state index contributed by atoms with van der Waals surface area (Å²) in [6.07, 6.45) is 0.707. The Bertz CT molecular complexity index is 571. The number of hydrogen-bond acceptors (Lipinski definition) is 5. The zero-order valence-electron chi connectivity index (χ0n) is 12.0. The topological polar surface area (TPSA) is 68.5 Å². The van der Waals surface area contributed by atoms with Crippen molar-refractivity contribution < 1.29 is 9.53 Å². The fourth-order valence-electron chi connectivity index (χ4n) is 1.76.